The Morgan fingerprint density at radius 3 is 2.52 bits per heavy atom. The van der Waals surface area contributed by atoms with Gasteiger partial charge in [0.1, 0.15) is 0 Å². The van der Waals surface area contributed by atoms with Gasteiger partial charge in [-0.05, 0) is 32.6 Å². The third kappa shape index (κ3) is 4.67. The molecule has 118 valence electrons. The van der Waals surface area contributed by atoms with E-state index in [2.05, 4.69) is 42.9 Å². The molecular weight excluding hydrogens is 260 g/mol. The van der Waals surface area contributed by atoms with Crippen LogP contribution >= 0.6 is 0 Å². The number of rotatable bonds is 9. The fraction of sp³-hybridized carbons (Fsp3) is 0.765. The molecule has 1 aromatic rings. The quantitative estimate of drug-likeness (QED) is 0.757. The highest BCUT2D eigenvalue weighted by molar-refractivity contribution is 5.33. The van der Waals surface area contributed by atoms with Crippen LogP contribution in [0.25, 0.3) is 0 Å². The van der Waals surface area contributed by atoms with Crippen LogP contribution in [0, 0.1) is 12.8 Å². The fourth-order valence-corrected chi connectivity index (χ4v) is 2.56. The highest BCUT2D eigenvalue weighted by atomic mass is 15.2. The van der Waals surface area contributed by atoms with Gasteiger partial charge in [0.25, 0.3) is 0 Å². The Balaban J connectivity index is 2.01. The number of hydrogen-bond acceptors (Lipinski definition) is 4. The molecule has 1 N–H and O–H groups in total. The van der Waals surface area contributed by atoms with Crippen molar-refractivity contribution in [3.05, 3.63) is 17.5 Å². The Morgan fingerprint density at radius 2 is 2.00 bits per heavy atom. The zero-order chi connectivity index (χ0) is 15.2. The van der Waals surface area contributed by atoms with E-state index in [0.717, 1.165) is 43.2 Å². The molecule has 1 aliphatic rings. The van der Waals surface area contributed by atoms with E-state index in [9.17, 15) is 0 Å². The average Bonchev–Trinajstić information content (AvgIpc) is 3.32. The molecule has 0 amide bonds. The van der Waals surface area contributed by atoms with Crippen molar-refractivity contribution in [3.8, 4) is 0 Å². The van der Waals surface area contributed by atoms with Crippen LogP contribution < -0.4 is 10.2 Å². The van der Waals surface area contributed by atoms with Gasteiger partial charge in [0, 0.05) is 43.1 Å². The summed E-state index contributed by atoms with van der Waals surface area (Å²) >= 11 is 0. The Hall–Kier alpha value is -1.16. The van der Waals surface area contributed by atoms with Gasteiger partial charge >= 0.3 is 0 Å². The molecule has 0 aromatic carbocycles. The van der Waals surface area contributed by atoms with Crippen LogP contribution in [-0.4, -0.2) is 29.1 Å². The Bertz CT molecular complexity index is 438. The van der Waals surface area contributed by atoms with Crippen LogP contribution in [0.15, 0.2) is 6.20 Å². The third-order valence-electron chi connectivity index (χ3n) is 4.52. The summed E-state index contributed by atoms with van der Waals surface area (Å²) in [6.45, 7) is 11.7. The Kier molecular flexibility index (Phi) is 5.97. The predicted molar refractivity (Wildman–Crippen MR) is 88.6 cm³/mol. The first kappa shape index (κ1) is 16.2. The number of nitrogens with one attached hydrogen (secondary N) is 1. The number of aryl methyl sites for hydroxylation is 1. The second-order valence-corrected chi connectivity index (χ2v) is 6.16. The van der Waals surface area contributed by atoms with Crippen molar-refractivity contribution >= 4 is 5.95 Å². The highest BCUT2D eigenvalue weighted by Crippen LogP contribution is 2.20. The molecule has 2 rings (SSSR count). The lowest BCUT2D eigenvalue weighted by Crippen LogP contribution is -2.31. The lowest BCUT2D eigenvalue weighted by molar-refractivity contribution is 0.482. The van der Waals surface area contributed by atoms with Crippen LogP contribution in [-0.2, 0) is 6.54 Å². The average molecular weight is 290 g/mol. The minimum atomic E-state index is 0.727. The summed E-state index contributed by atoms with van der Waals surface area (Å²) in [6, 6.07) is 0.728. The van der Waals surface area contributed by atoms with Gasteiger partial charge in [-0.1, -0.05) is 26.7 Å². The van der Waals surface area contributed by atoms with Crippen molar-refractivity contribution in [2.75, 3.05) is 18.0 Å². The van der Waals surface area contributed by atoms with E-state index in [1.165, 1.54) is 31.2 Å². The van der Waals surface area contributed by atoms with Crippen molar-refractivity contribution in [1.82, 2.24) is 15.3 Å². The standard InChI is InChI=1S/C17H30N4/c1-5-14(6-2)12-21(7-3)17-19-11-15(13(4)20-17)10-18-16-8-9-16/h11,14,16,18H,5-10,12H2,1-4H3. The van der Waals surface area contributed by atoms with Gasteiger partial charge in [0.15, 0.2) is 0 Å². The summed E-state index contributed by atoms with van der Waals surface area (Å²) in [5, 5.41) is 3.53. The molecule has 1 aromatic heterocycles. The summed E-state index contributed by atoms with van der Waals surface area (Å²) in [4.78, 5) is 11.7. The molecule has 1 heterocycles. The van der Waals surface area contributed by atoms with Gasteiger partial charge in [-0.15, -0.1) is 0 Å². The summed E-state index contributed by atoms with van der Waals surface area (Å²) in [5.74, 6) is 1.61. The van der Waals surface area contributed by atoms with Gasteiger partial charge < -0.3 is 10.2 Å². The second kappa shape index (κ2) is 7.74. The Labute approximate surface area is 129 Å². The molecule has 1 saturated carbocycles. The lowest BCUT2D eigenvalue weighted by Gasteiger charge is -2.25. The molecule has 21 heavy (non-hydrogen) atoms. The maximum absolute atomic E-state index is 4.74. The number of nitrogens with zero attached hydrogens (tertiary/aromatic N) is 3. The minimum absolute atomic E-state index is 0.727. The first-order valence-electron chi connectivity index (χ1n) is 8.48. The first-order valence-corrected chi connectivity index (χ1v) is 8.48. The molecule has 4 nitrogen and oxygen atoms in total. The predicted octanol–water partition coefficient (Wildman–Crippen LogP) is 3.30. The van der Waals surface area contributed by atoms with Crippen LogP contribution in [0.2, 0.25) is 0 Å². The topological polar surface area (TPSA) is 41.1 Å². The zero-order valence-electron chi connectivity index (χ0n) is 14.0. The maximum atomic E-state index is 4.74. The van der Waals surface area contributed by atoms with Crippen molar-refractivity contribution in [2.24, 2.45) is 5.92 Å². The fourth-order valence-electron chi connectivity index (χ4n) is 2.56. The van der Waals surface area contributed by atoms with E-state index in [4.69, 9.17) is 4.98 Å². The largest absolute Gasteiger partial charge is 0.341 e. The highest BCUT2D eigenvalue weighted by Gasteiger charge is 2.20. The first-order chi connectivity index (χ1) is 10.2. The lowest BCUT2D eigenvalue weighted by atomic mass is 10.0. The van der Waals surface area contributed by atoms with E-state index in [1.807, 2.05) is 6.20 Å². The maximum Gasteiger partial charge on any atom is 0.225 e. The molecule has 0 unspecified atom stereocenters. The number of anilines is 1. The van der Waals surface area contributed by atoms with Crippen molar-refractivity contribution in [3.63, 3.8) is 0 Å². The van der Waals surface area contributed by atoms with Gasteiger partial charge in [0.05, 0.1) is 0 Å². The van der Waals surface area contributed by atoms with Crippen LogP contribution in [0.3, 0.4) is 0 Å². The Morgan fingerprint density at radius 1 is 1.29 bits per heavy atom. The molecule has 0 atom stereocenters. The van der Waals surface area contributed by atoms with Crippen LogP contribution in [0.4, 0.5) is 5.95 Å². The van der Waals surface area contributed by atoms with Crippen LogP contribution in [0.5, 0.6) is 0 Å². The molecule has 0 aliphatic heterocycles. The van der Waals surface area contributed by atoms with Gasteiger partial charge in [-0.25, -0.2) is 9.97 Å². The minimum Gasteiger partial charge on any atom is -0.341 e. The molecular formula is C17H30N4. The van der Waals surface area contributed by atoms with Crippen molar-refractivity contribution < 1.29 is 0 Å². The molecule has 4 heteroatoms. The van der Waals surface area contributed by atoms with E-state index in [1.54, 1.807) is 0 Å². The second-order valence-electron chi connectivity index (χ2n) is 6.16. The summed E-state index contributed by atoms with van der Waals surface area (Å²) < 4.78 is 0. The third-order valence-corrected chi connectivity index (χ3v) is 4.52. The van der Waals surface area contributed by atoms with Crippen LogP contribution in [0.1, 0.15) is 57.7 Å². The molecule has 0 bridgehead atoms. The SMILES string of the molecule is CCC(CC)CN(CC)c1ncc(CNC2CC2)c(C)n1. The molecule has 1 fully saturated rings. The smallest absolute Gasteiger partial charge is 0.225 e. The summed E-state index contributed by atoms with van der Waals surface area (Å²) in [5.41, 5.74) is 2.33. The van der Waals surface area contributed by atoms with Gasteiger partial charge in [-0.3, -0.25) is 0 Å². The monoisotopic (exact) mass is 290 g/mol. The summed E-state index contributed by atoms with van der Waals surface area (Å²) in [7, 11) is 0. The molecule has 0 spiro atoms. The molecule has 1 aliphatic carbocycles. The molecule has 0 saturated heterocycles. The van der Waals surface area contributed by atoms with Crippen molar-refractivity contribution in [2.45, 2.75) is 66.0 Å². The van der Waals surface area contributed by atoms with E-state index >= 15 is 0 Å². The van der Waals surface area contributed by atoms with Gasteiger partial charge in [-0.2, -0.15) is 0 Å². The zero-order valence-corrected chi connectivity index (χ0v) is 14.0. The van der Waals surface area contributed by atoms with Crippen molar-refractivity contribution in [1.29, 1.82) is 0 Å². The normalized spacial score (nSPS) is 14.7. The van der Waals surface area contributed by atoms with E-state index < -0.39 is 0 Å². The van der Waals surface area contributed by atoms with E-state index in [0.29, 0.717) is 0 Å². The number of aromatic nitrogens is 2. The summed E-state index contributed by atoms with van der Waals surface area (Å²) in [6.07, 6.45) is 7.07. The number of hydrogen-bond donors (Lipinski definition) is 1. The molecule has 0 radical (unpaired) electrons. The van der Waals surface area contributed by atoms with E-state index in [-0.39, 0.29) is 0 Å². The van der Waals surface area contributed by atoms with Gasteiger partial charge in [0.2, 0.25) is 5.95 Å².